The molecule has 2 heterocycles. The average molecular weight is 340 g/mol. The minimum absolute atomic E-state index is 0.133. The molecule has 23 heavy (non-hydrogen) atoms. The summed E-state index contributed by atoms with van der Waals surface area (Å²) >= 11 is 6.27. The highest BCUT2D eigenvalue weighted by Crippen LogP contribution is 2.42. The number of carbonyl (C=O) groups excluding carboxylic acids is 1. The topological polar surface area (TPSA) is 57.7 Å². The number of aromatic nitrogens is 1. The Morgan fingerprint density at radius 1 is 1.35 bits per heavy atom. The van der Waals surface area contributed by atoms with Crippen LogP contribution in [0, 0.1) is 0 Å². The molecule has 0 radical (unpaired) electrons. The van der Waals surface area contributed by atoms with Crippen molar-refractivity contribution < 1.29 is 18.8 Å². The van der Waals surface area contributed by atoms with E-state index in [1.807, 2.05) is 27.7 Å². The third kappa shape index (κ3) is 3.87. The van der Waals surface area contributed by atoms with Crippen molar-refractivity contribution >= 4 is 24.7 Å². The molecule has 1 saturated heterocycles. The number of rotatable bonds is 5. The van der Waals surface area contributed by atoms with Crippen LogP contribution in [0.15, 0.2) is 18.5 Å². The summed E-state index contributed by atoms with van der Waals surface area (Å²) in [5, 5.41) is 0.483. The summed E-state index contributed by atoms with van der Waals surface area (Å²) in [5.41, 5.74) is -0.193. The molecule has 1 unspecified atom stereocenters. The van der Waals surface area contributed by atoms with E-state index < -0.39 is 18.3 Å². The van der Waals surface area contributed by atoms with Crippen molar-refractivity contribution in [1.82, 2.24) is 4.98 Å². The van der Waals surface area contributed by atoms with Crippen LogP contribution in [0.2, 0.25) is 5.02 Å². The van der Waals surface area contributed by atoms with Gasteiger partial charge in [0.2, 0.25) is 0 Å². The summed E-state index contributed by atoms with van der Waals surface area (Å²) in [6.07, 6.45) is 3.33. The molecule has 1 aliphatic heterocycles. The number of ether oxygens (including phenoxy) is 1. The molecular weight excluding hydrogens is 316 g/mol. The first-order valence-electron chi connectivity index (χ1n) is 7.78. The predicted octanol–water partition coefficient (Wildman–Crippen LogP) is 3.40. The lowest BCUT2D eigenvalue weighted by atomic mass is 9.66. The van der Waals surface area contributed by atoms with Gasteiger partial charge in [0.15, 0.2) is 0 Å². The van der Waals surface area contributed by atoms with E-state index in [-0.39, 0.29) is 18.2 Å². The van der Waals surface area contributed by atoms with Crippen LogP contribution in [0.1, 0.15) is 52.4 Å². The molecule has 1 atom stereocenters. The van der Waals surface area contributed by atoms with Crippen molar-refractivity contribution in [2.75, 3.05) is 6.61 Å². The zero-order chi connectivity index (χ0) is 17.3. The highest BCUT2D eigenvalue weighted by molar-refractivity contribution is 6.48. The zero-order valence-corrected chi connectivity index (χ0v) is 15.0. The molecule has 0 amide bonds. The Kier molecular flexibility index (Phi) is 5.39. The maximum Gasteiger partial charge on any atom is 0.466 e. The van der Waals surface area contributed by atoms with Crippen LogP contribution in [0.4, 0.5) is 0 Å². The smallest absolute Gasteiger partial charge is 0.466 e. The van der Waals surface area contributed by atoms with Gasteiger partial charge < -0.3 is 14.0 Å². The second-order valence-corrected chi connectivity index (χ2v) is 7.04. The Balaban J connectivity index is 2.32. The van der Waals surface area contributed by atoms with E-state index in [1.165, 1.54) is 0 Å². The van der Waals surface area contributed by atoms with Gasteiger partial charge in [-0.05, 0) is 46.2 Å². The summed E-state index contributed by atoms with van der Waals surface area (Å²) in [7, 11) is -0.579. The average Bonchev–Trinajstić information content (AvgIpc) is 2.66. The lowest BCUT2D eigenvalue weighted by Gasteiger charge is -2.32. The molecule has 0 spiro atoms. The lowest BCUT2D eigenvalue weighted by molar-refractivity contribution is -0.143. The molecular formula is C16H23BClNO4. The van der Waals surface area contributed by atoms with Crippen molar-refractivity contribution in [3.63, 3.8) is 0 Å². The quantitative estimate of drug-likeness (QED) is 0.608. The molecule has 2 rings (SSSR count). The fourth-order valence-electron chi connectivity index (χ4n) is 2.49. The number of esters is 1. The van der Waals surface area contributed by atoms with Crippen molar-refractivity contribution in [2.24, 2.45) is 0 Å². The van der Waals surface area contributed by atoms with Gasteiger partial charge in [-0.25, -0.2) is 0 Å². The Morgan fingerprint density at radius 3 is 2.48 bits per heavy atom. The molecule has 126 valence electrons. The van der Waals surface area contributed by atoms with E-state index in [0.29, 0.717) is 11.6 Å². The second kappa shape index (κ2) is 6.79. The highest BCUT2D eigenvalue weighted by Gasteiger charge is 2.54. The van der Waals surface area contributed by atoms with Crippen LogP contribution >= 0.6 is 11.6 Å². The van der Waals surface area contributed by atoms with Crippen LogP contribution in [-0.2, 0) is 18.8 Å². The van der Waals surface area contributed by atoms with E-state index >= 15 is 0 Å². The van der Waals surface area contributed by atoms with Gasteiger partial charge in [0.1, 0.15) is 0 Å². The van der Waals surface area contributed by atoms with Gasteiger partial charge in [0, 0.05) is 18.2 Å². The van der Waals surface area contributed by atoms with Crippen molar-refractivity contribution in [3.05, 3.63) is 29.0 Å². The minimum Gasteiger partial charge on any atom is -0.466 e. The number of carbonyl (C=O) groups is 1. The van der Waals surface area contributed by atoms with Gasteiger partial charge in [0.25, 0.3) is 0 Å². The number of hydrogen-bond acceptors (Lipinski definition) is 5. The molecule has 0 N–H and O–H groups in total. The first-order chi connectivity index (χ1) is 10.7. The van der Waals surface area contributed by atoms with Gasteiger partial charge in [0.05, 0.1) is 29.3 Å². The predicted molar refractivity (Wildman–Crippen MR) is 89.3 cm³/mol. The normalized spacial score (nSPS) is 20.3. The van der Waals surface area contributed by atoms with Gasteiger partial charge in [-0.15, -0.1) is 0 Å². The molecule has 1 aromatic heterocycles. The van der Waals surface area contributed by atoms with E-state index in [1.54, 1.807) is 25.4 Å². The SMILES string of the molecule is CCOC(=O)CC(B1OC(C)(C)C(C)(C)O1)c1ccncc1Cl. The standard InChI is InChI=1S/C16H23BClNO4/c1-6-21-14(20)9-12(11-7-8-19-10-13(11)18)17-22-15(2,3)16(4,5)23-17/h7-8,10,12H,6,9H2,1-5H3. The van der Waals surface area contributed by atoms with Gasteiger partial charge in [-0.1, -0.05) is 11.6 Å². The molecule has 1 aromatic rings. The van der Waals surface area contributed by atoms with Crippen LogP contribution in [-0.4, -0.2) is 35.9 Å². The first-order valence-corrected chi connectivity index (χ1v) is 8.16. The maximum absolute atomic E-state index is 12.0. The first kappa shape index (κ1) is 18.2. The van der Waals surface area contributed by atoms with Crippen LogP contribution in [0.25, 0.3) is 0 Å². The van der Waals surface area contributed by atoms with Gasteiger partial charge >= 0.3 is 13.1 Å². The fourth-order valence-corrected chi connectivity index (χ4v) is 2.75. The van der Waals surface area contributed by atoms with E-state index in [0.717, 1.165) is 5.56 Å². The number of pyridine rings is 1. The Bertz CT molecular complexity index is 563. The maximum atomic E-state index is 12.0. The summed E-state index contributed by atoms with van der Waals surface area (Å²) in [5.74, 6) is -0.661. The van der Waals surface area contributed by atoms with Gasteiger partial charge in [-0.3, -0.25) is 9.78 Å². The molecule has 0 saturated carbocycles. The number of halogens is 1. The molecule has 0 aliphatic carbocycles. The second-order valence-electron chi connectivity index (χ2n) is 6.64. The van der Waals surface area contributed by atoms with Crippen LogP contribution in [0.3, 0.4) is 0 Å². The lowest BCUT2D eigenvalue weighted by Crippen LogP contribution is -2.41. The molecule has 7 heteroatoms. The molecule has 1 aliphatic rings. The van der Waals surface area contributed by atoms with Crippen molar-refractivity contribution in [3.8, 4) is 0 Å². The van der Waals surface area contributed by atoms with Crippen molar-refractivity contribution in [2.45, 2.75) is 58.1 Å². The monoisotopic (exact) mass is 339 g/mol. The Hall–Kier alpha value is -1.11. The Morgan fingerprint density at radius 2 is 1.96 bits per heavy atom. The fraction of sp³-hybridized carbons (Fsp3) is 0.625. The molecule has 0 aromatic carbocycles. The largest absolute Gasteiger partial charge is 0.466 e. The third-order valence-corrected chi connectivity index (χ3v) is 4.81. The van der Waals surface area contributed by atoms with E-state index in [9.17, 15) is 4.79 Å². The summed E-state index contributed by atoms with van der Waals surface area (Å²) < 4.78 is 17.3. The third-order valence-electron chi connectivity index (χ3n) is 4.50. The number of hydrogen-bond donors (Lipinski definition) is 0. The zero-order valence-electron chi connectivity index (χ0n) is 14.3. The van der Waals surface area contributed by atoms with E-state index in [2.05, 4.69) is 4.98 Å². The molecule has 0 bridgehead atoms. The van der Waals surface area contributed by atoms with Crippen molar-refractivity contribution in [1.29, 1.82) is 0 Å². The van der Waals surface area contributed by atoms with Crippen LogP contribution < -0.4 is 0 Å². The molecule has 1 fully saturated rings. The highest BCUT2D eigenvalue weighted by atomic mass is 35.5. The summed E-state index contributed by atoms with van der Waals surface area (Å²) in [6, 6.07) is 1.79. The molecule has 5 nitrogen and oxygen atoms in total. The summed E-state index contributed by atoms with van der Waals surface area (Å²) in [6.45, 7) is 10.0. The van der Waals surface area contributed by atoms with Gasteiger partial charge in [-0.2, -0.15) is 0 Å². The number of nitrogens with zero attached hydrogens (tertiary/aromatic N) is 1. The van der Waals surface area contributed by atoms with E-state index in [4.69, 9.17) is 25.6 Å². The Labute approximate surface area is 142 Å². The summed E-state index contributed by atoms with van der Waals surface area (Å²) in [4.78, 5) is 16.0. The van der Waals surface area contributed by atoms with Crippen LogP contribution in [0.5, 0.6) is 0 Å². The minimum atomic E-state index is -0.579.